The van der Waals surface area contributed by atoms with Crippen molar-refractivity contribution >= 4 is 40.0 Å². The van der Waals surface area contributed by atoms with Crippen LogP contribution in [0, 0.1) is 11.7 Å². The van der Waals surface area contributed by atoms with Gasteiger partial charge in [0.25, 0.3) is 0 Å². The number of carbonyl (C=O) groups excluding carboxylic acids is 1. The van der Waals surface area contributed by atoms with Gasteiger partial charge in [-0.2, -0.15) is 0 Å². The number of piperidine rings is 1. The third kappa shape index (κ3) is 4.93. The van der Waals surface area contributed by atoms with Gasteiger partial charge in [0, 0.05) is 24.6 Å². The molecule has 1 aliphatic rings. The maximum atomic E-state index is 13.1. The minimum Gasteiger partial charge on any atom is -0.355 e. The van der Waals surface area contributed by atoms with Gasteiger partial charge in [0.2, 0.25) is 11.0 Å². The summed E-state index contributed by atoms with van der Waals surface area (Å²) < 4.78 is 13.9. The van der Waals surface area contributed by atoms with Gasteiger partial charge in [0.1, 0.15) is 5.82 Å². The lowest BCUT2D eigenvalue weighted by atomic mass is 9.96. The van der Waals surface area contributed by atoms with Gasteiger partial charge in [-0.05, 0) is 55.0 Å². The van der Waals surface area contributed by atoms with Gasteiger partial charge in [0.05, 0.1) is 5.69 Å². The largest absolute Gasteiger partial charge is 0.355 e. The molecule has 0 bridgehead atoms. The van der Waals surface area contributed by atoms with Crippen LogP contribution < -0.4 is 10.2 Å². The SMILES string of the molecule is CCSc1nnc(NC(=O)C2CCN(c3ccc(-c4ccc(F)cc4)nn3)CC2)s1. The highest BCUT2D eigenvalue weighted by atomic mass is 32.2. The van der Waals surface area contributed by atoms with Crippen molar-refractivity contribution in [2.24, 2.45) is 5.92 Å². The number of nitrogens with zero attached hydrogens (tertiary/aromatic N) is 5. The van der Waals surface area contributed by atoms with Crippen molar-refractivity contribution in [2.75, 3.05) is 29.1 Å². The lowest BCUT2D eigenvalue weighted by Gasteiger charge is -2.31. The fourth-order valence-electron chi connectivity index (χ4n) is 3.29. The Morgan fingerprint density at radius 3 is 2.57 bits per heavy atom. The Morgan fingerprint density at radius 1 is 1.13 bits per heavy atom. The predicted octanol–water partition coefficient (Wildman–Crippen LogP) is 4.10. The second-order valence-electron chi connectivity index (χ2n) is 6.84. The molecule has 0 aliphatic carbocycles. The van der Waals surface area contributed by atoms with E-state index in [4.69, 9.17) is 0 Å². The van der Waals surface area contributed by atoms with Crippen molar-refractivity contribution in [3.63, 3.8) is 0 Å². The van der Waals surface area contributed by atoms with Crippen LogP contribution in [0.5, 0.6) is 0 Å². The van der Waals surface area contributed by atoms with Crippen molar-refractivity contribution < 1.29 is 9.18 Å². The zero-order valence-corrected chi connectivity index (χ0v) is 18.0. The number of amides is 1. The van der Waals surface area contributed by atoms with Gasteiger partial charge < -0.3 is 10.2 Å². The van der Waals surface area contributed by atoms with Crippen LogP contribution in [0.4, 0.5) is 15.3 Å². The molecule has 156 valence electrons. The summed E-state index contributed by atoms with van der Waals surface area (Å²) in [5.41, 5.74) is 1.52. The van der Waals surface area contributed by atoms with Gasteiger partial charge >= 0.3 is 0 Å². The Kier molecular flexibility index (Phi) is 6.53. The third-order valence-electron chi connectivity index (χ3n) is 4.88. The van der Waals surface area contributed by atoms with Crippen LogP contribution >= 0.6 is 23.1 Å². The summed E-state index contributed by atoms with van der Waals surface area (Å²) in [7, 11) is 0. The van der Waals surface area contributed by atoms with E-state index in [0.29, 0.717) is 10.8 Å². The molecular formula is C20H21FN6OS2. The number of hydrogen-bond acceptors (Lipinski definition) is 8. The Hall–Kier alpha value is -2.59. The maximum Gasteiger partial charge on any atom is 0.229 e. The fourth-order valence-corrected chi connectivity index (χ4v) is 4.94. The van der Waals surface area contributed by atoms with Crippen molar-refractivity contribution in [2.45, 2.75) is 24.1 Å². The van der Waals surface area contributed by atoms with Gasteiger partial charge in [-0.3, -0.25) is 4.79 Å². The lowest BCUT2D eigenvalue weighted by molar-refractivity contribution is -0.120. The summed E-state index contributed by atoms with van der Waals surface area (Å²) in [5, 5.41) is 20.1. The van der Waals surface area contributed by atoms with Crippen LogP contribution in [0.2, 0.25) is 0 Å². The molecule has 30 heavy (non-hydrogen) atoms. The number of benzene rings is 1. The van der Waals surface area contributed by atoms with Gasteiger partial charge in [0.15, 0.2) is 10.2 Å². The Bertz CT molecular complexity index is 987. The third-order valence-corrected chi connectivity index (χ3v) is 6.74. The number of halogens is 1. The van der Waals surface area contributed by atoms with Crippen molar-refractivity contribution in [3.05, 3.63) is 42.2 Å². The lowest BCUT2D eigenvalue weighted by Crippen LogP contribution is -2.38. The minimum atomic E-state index is -0.276. The minimum absolute atomic E-state index is 0.00316. The molecule has 7 nitrogen and oxygen atoms in total. The molecule has 0 unspecified atom stereocenters. The molecule has 0 atom stereocenters. The van der Waals surface area contributed by atoms with E-state index in [9.17, 15) is 9.18 Å². The molecule has 1 fully saturated rings. The number of anilines is 2. The molecule has 3 heterocycles. The number of nitrogens with one attached hydrogen (secondary N) is 1. The van der Waals surface area contributed by atoms with Crippen LogP contribution in [0.1, 0.15) is 19.8 Å². The molecule has 1 amide bonds. The molecule has 0 saturated carbocycles. The van der Waals surface area contributed by atoms with Gasteiger partial charge in [-0.15, -0.1) is 20.4 Å². The van der Waals surface area contributed by atoms with Crippen LogP contribution in [0.3, 0.4) is 0 Å². The second-order valence-corrected chi connectivity index (χ2v) is 9.33. The average Bonchev–Trinajstić information content (AvgIpc) is 3.22. The van der Waals surface area contributed by atoms with Crippen molar-refractivity contribution in [1.82, 2.24) is 20.4 Å². The van der Waals surface area contributed by atoms with Crippen molar-refractivity contribution in [1.29, 1.82) is 0 Å². The van der Waals surface area contributed by atoms with E-state index < -0.39 is 0 Å². The zero-order chi connectivity index (χ0) is 20.9. The summed E-state index contributed by atoms with van der Waals surface area (Å²) in [6, 6.07) is 9.99. The molecule has 3 aromatic rings. The number of aromatic nitrogens is 4. The molecule has 2 aromatic heterocycles. The molecule has 1 aliphatic heterocycles. The first-order chi connectivity index (χ1) is 14.6. The average molecular weight is 445 g/mol. The highest BCUT2D eigenvalue weighted by Gasteiger charge is 2.26. The highest BCUT2D eigenvalue weighted by molar-refractivity contribution is 8.01. The molecule has 10 heteroatoms. The summed E-state index contributed by atoms with van der Waals surface area (Å²) in [5.74, 6) is 1.37. The first kappa shape index (κ1) is 20.7. The van der Waals surface area contributed by atoms with E-state index in [0.717, 1.165) is 47.4 Å². The number of rotatable bonds is 6. The molecule has 4 rings (SSSR count). The van der Waals surface area contributed by atoms with Gasteiger partial charge in [-0.25, -0.2) is 4.39 Å². The smallest absolute Gasteiger partial charge is 0.229 e. The number of hydrogen-bond donors (Lipinski definition) is 1. The predicted molar refractivity (Wildman–Crippen MR) is 117 cm³/mol. The fraction of sp³-hybridized carbons (Fsp3) is 0.350. The number of carbonyl (C=O) groups is 1. The van der Waals surface area contributed by atoms with E-state index in [1.54, 1.807) is 23.9 Å². The molecule has 0 radical (unpaired) electrons. The highest BCUT2D eigenvalue weighted by Crippen LogP contribution is 2.27. The second kappa shape index (κ2) is 9.48. The summed E-state index contributed by atoms with van der Waals surface area (Å²) >= 11 is 3.02. The van der Waals surface area contributed by atoms with Gasteiger partial charge in [-0.1, -0.05) is 30.0 Å². The Labute approximate surface area is 182 Å². The molecule has 1 aromatic carbocycles. The van der Waals surface area contributed by atoms with E-state index in [-0.39, 0.29) is 17.6 Å². The summed E-state index contributed by atoms with van der Waals surface area (Å²) in [4.78, 5) is 14.7. The standard InChI is InChI=1S/C20H21FN6OS2/c1-2-29-20-26-25-19(30-20)22-18(28)14-9-11-27(12-10-14)17-8-7-16(23-24-17)13-3-5-15(21)6-4-13/h3-8,14H,2,9-12H2,1H3,(H,22,25,28). The number of thioether (sulfide) groups is 1. The summed E-state index contributed by atoms with van der Waals surface area (Å²) in [6.07, 6.45) is 1.48. The molecular weight excluding hydrogens is 423 g/mol. The maximum absolute atomic E-state index is 13.1. The van der Waals surface area contributed by atoms with Crippen molar-refractivity contribution in [3.8, 4) is 11.3 Å². The first-order valence-electron chi connectivity index (χ1n) is 9.74. The molecule has 1 N–H and O–H groups in total. The first-order valence-corrected chi connectivity index (χ1v) is 11.5. The Morgan fingerprint density at radius 2 is 1.90 bits per heavy atom. The van der Waals surface area contributed by atoms with E-state index in [2.05, 4.69) is 37.5 Å². The quantitative estimate of drug-likeness (QED) is 0.453. The Balaban J connectivity index is 1.31. The van der Waals surface area contributed by atoms with Crippen LogP contribution in [-0.4, -0.2) is 45.1 Å². The van der Waals surface area contributed by atoms with Crippen LogP contribution in [0.15, 0.2) is 40.7 Å². The van der Waals surface area contributed by atoms with Crippen LogP contribution in [-0.2, 0) is 4.79 Å². The van der Waals surface area contributed by atoms with E-state index in [1.807, 2.05) is 12.1 Å². The van der Waals surface area contributed by atoms with Crippen LogP contribution in [0.25, 0.3) is 11.3 Å². The zero-order valence-electron chi connectivity index (χ0n) is 16.4. The molecule has 0 spiro atoms. The topological polar surface area (TPSA) is 83.9 Å². The monoisotopic (exact) mass is 444 g/mol. The normalized spacial score (nSPS) is 14.7. The molecule has 1 saturated heterocycles. The van der Waals surface area contributed by atoms with E-state index in [1.165, 1.54) is 23.5 Å². The summed E-state index contributed by atoms with van der Waals surface area (Å²) in [6.45, 7) is 3.52. The van der Waals surface area contributed by atoms with E-state index >= 15 is 0 Å².